The quantitative estimate of drug-likeness (QED) is 0.833. The van der Waals surface area contributed by atoms with Crippen LogP contribution in [-0.2, 0) is 9.84 Å². The zero-order chi connectivity index (χ0) is 13.5. The number of carbonyl (C=O) groups is 1. The van der Waals surface area contributed by atoms with Crippen molar-refractivity contribution in [1.82, 2.24) is 5.32 Å². The Morgan fingerprint density at radius 1 is 1.39 bits per heavy atom. The number of amides is 1. The van der Waals surface area contributed by atoms with Gasteiger partial charge in [-0.3, -0.25) is 4.79 Å². The summed E-state index contributed by atoms with van der Waals surface area (Å²) in [5.41, 5.74) is 0.236. The number of thiophene rings is 1. The lowest BCUT2D eigenvalue weighted by Gasteiger charge is -2.13. The number of rotatable bonds is 2. The van der Waals surface area contributed by atoms with Crippen LogP contribution in [-0.4, -0.2) is 37.2 Å². The Kier molecular flexibility index (Phi) is 4.14. The molecule has 2 rings (SSSR count). The smallest absolute Gasteiger partial charge is 0.254 e. The Hall–Kier alpha value is -0.0100. The topological polar surface area (TPSA) is 63.2 Å². The zero-order valence-electron chi connectivity index (χ0n) is 8.82. The molecule has 0 bridgehead atoms. The monoisotopic (exact) mass is 347 g/mol. The van der Waals surface area contributed by atoms with Crippen molar-refractivity contribution in [2.75, 3.05) is 11.5 Å². The summed E-state index contributed by atoms with van der Waals surface area (Å²) >= 11 is 18.5. The molecule has 0 aliphatic carbocycles. The molecular weight excluding hydrogens is 341 g/mol. The Morgan fingerprint density at radius 3 is 2.50 bits per heavy atom. The summed E-state index contributed by atoms with van der Waals surface area (Å²) in [5.74, 6) is -0.740. The summed E-state index contributed by atoms with van der Waals surface area (Å²) in [6.45, 7) is 0. The molecule has 9 heteroatoms. The molecule has 1 saturated heterocycles. The fourth-order valence-electron chi connectivity index (χ4n) is 1.68. The number of halogens is 3. The van der Waals surface area contributed by atoms with Gasteiger partial charge in [-0.25, -0.2) is 8.42 Å². The van der Waals surface area contributed by atoms with E-state index in [1.54, 1.807) is 0 Å². The second-order valence-corrected chi connectivity index (χ2v) is 8.91. The van der Waals surface area contributed by atoms with Crippen LogP contribution in [0.15, 0.2) is 6.07 Å². The molecule has 0 radical (unpaired) electrons. The van der Waals surface area contributed by atoms with Crippen molar-refractivity contribution in [2.24, 2.45) is 0 Å². The van der Waals surface area contributed by atoms with E-state index in [4.69, 9.17) is 34.8 Å². The Bertz CT molecular complexity index is 584. The van der Waals surface area contributed by atoms with Crippen molar-refractivity contribution < 1.29 is 13.2 Å². The number of carbonyl (C=O) groups excluding carboxylic acids is 1. The van der Waals surface area contributed by atoms with Gasteiger partial charge >= 0.3 is 0 Å². The van der Waals surface area contributed by atoms with Crippen molar-refractivity contribution in [3.05, 3.63) is 20.3 Å². The predicted octanol–water partition coefficient (Wildman–Crippen LogP) is 2.19. The maximum absolute atomic E-state index is 11.9. The summed E-state index contributed by atoms with van der Waals surface area (Å²) in [5, 5.41) is 1.95. The van der Waals surface area contributed by atoms with E-state index in [0.717, 1.165) is 11.3 Å². The van der Waals surface area contributed by atoms with Gasteiger partial charge in [0.05, 0.1) is 32.8 Å². The lowest BCUT2D eigenvalue weighted by atomic mass is 10.2. The molecular formula is C9H8Cl3NO3S2. The Labute approximate surface area is 123 Å². The molecule has 1 amide bonds. The van der Waals surface area contributed by atoms with E-state index in [-0.39, 0.29) is 21.4 Å². The van der Waals surface area contributed by atoms with Crippen molar-refractivity contribution in [2.45, 2.75) is 11.4 Å². The Balaban J connectivity index is 2.11. The molecule has 2 heterocycles. The number of nitrogens with one attached hydrogen (secondary N) is 1. The van der Waals surface area contributed by atoms with Crippen LogP contribution >= 0.6 is 46.1 Å². The largest absolute Gasteiger partial charge is 0.347 e. The third-order valence-corrected chi connectivity index (χ3v) is 6.36. The molecule has 1 aromatic rings. The lowest BCUT2D eigenvalue weighted by Crippen LogP contribution is -2.40. The fourth-order valence-corrected chi connectivity index (χ4v) is 5.69. The summed E-state index contributed by atoms with van der Waals surface area (Å²) in [6.07, 6.45) is 0. The maximum Gasteiger partial charge on any atom is 0.254 e. The first-order chi connectivity index (χ1) is 8.28. The van der Waals surface area contributed by atoms with Crippen LogP contribution in [0.2, 0.25) is 8.67 Å². The number of hydrogen-bond donors (Lipinski definition) is 1. The summed E-state index contributed by atoms with van der Waals surface area (Å²) in [4.78, 5) is 11.9. The van der Waals surface area contributed by atoms with Crippen LogP contribution in [0.1, 0.15) is 10.4 Å². The number of sulfone groups is 1. The minimum Gasteiger partial charge on any atom is -0.347 e. The van der Waals surface area contributed by atoms with E-state index < -0.39 is 27.2 Å². The van der Waals surface area contributed by atoms with Crippen LogP contribution in [0.4, 0.5) is 0 Å². The van der Waals surface area contributed by atoms with E-state index in [1.807, 2.05) is 0 Å². The van der Waals surface area contributed by atoms with Crippen LogP contribution < -0.4 is 5.32 Å². The van der Waals surface area contributed by atoms with Crippen LogP contribution in [0.3, 0.4) is 0 Å². The third-order valence-electron chi connectivity index (χ3n) is 2.50. The summed E-state index contributed by atoms with van der Waals surface area (Å²) in [7, 11) is -3.18. The second-order valence-electron chi connectivity index (χ2n) is 3.91. The Morgan fingerprint density at radius 2 is 2.06 bits per heavy atom. The van der Waals surface area contributed by atoms with Gasteiger partial charge in [-0.2, -0.15) is 0 Å². The highest BCUT2D eigenvalue weighted by atomic mass is 35.5. The van der Waals surface area contributed by atoms with Gasteiger partial charge in [-0.15, -0.1) is 22.9 Å². The maximum atomic E-state index is 11.9. The third kappa shape index (κ3) is 3.11. The van der Waals surface area contributed by atoms with E-state index in [9.17, 15) is 13.2 Å². The van der Waals surface area contributed by atoms with Crippen LogP contribution in [0, 0.1) is 0 Å². The van der Waals surface area contributed by atoms with Gasteiger partial charge in [-0.05, 0) is 6.07 Å². The molecule has 1 aromatic heterocycles. The van der Waals surface area contributed by atoms with Crippen molar-refractivity contribution in [3.8, 4) is 0 Å². The molecule has 100 valence electrons. The standard InChI is InChI=1S/C9H8Cl3NO3S2/c10-5-2-18(15,16)3-6(5)13-9(14)4-1-7(11)17-8(4)12/h1,5-6H,2-3H2,(H,13,14). The van der Waals surface area contributed by atoms with Crippen LogP contribution in [0.5, 0.6) is 0 Å². The van der Waals surface area contributed by atoms with Gasteiger partial charge in [0.2, 0.25) is 0 Å². The van der Waals surface area contributed by atoms with Crippen molar-refractivity contribution in [1.29, 1.82) is 0 Å². The minimum atomic E-state index is -3.18. The van der Waals surface area contributed by atoms with Crippen molar-refractivity contribution >= 4 is 61.9 Å². The highest BCUT2D eigenvalue weighted by Gasteiger charge is 2.37. The number of alkyl halides is 1. The van der Waals surface area contributed by atoms with Gasteiger partial charge in [0, 0.05) is 0 Å². The molecule has 0 spiro atoms. The molecule has 0 aromatic carbocycles. The highest BCUT2D eigenvalue weighted by molar-refractivity contribution is 7.91. The normalized spacial score (nSPS) is 26.2. The van der Waals surface area contributed by atoms with Crippen LogP contribution in [0.25, 0.3) is 0 Å². The van der Waals surface area contributed by atoms with E-state index in [0.29, 0.717) is 4.34 Å². The van der Waals surface area contributed by atoms with Gasteiger partial charge in [0.25, 0.3) is 5.91 Å². The SMILES string of the molecule is O=C(NC1CS(=O)(=O)CC1Cl)c1cc(Cl)sc1Cl. The molecule has 1 N–H and O–H groups in total. The van der Waals surface area contributed by atoms with E-state index in [2.05, 4.69) is 5.32 Å². The van der Waals surface area contributed by atoms with Gasteiger partial charge in [0.1, 0.15) is 4.34 Å². The molecule has 1 aliphatic rings. The number of hydrogen-bond acceptors (Lipinski definition) is 4. The first kappa shape index (κ1) is 14.4. The van der Waals surface area contributed by atoms with E-state index in [1.165, 1.54) is 6.07 Å². The zero-order valence-corrected chi connectivity index (χ0v) is 12.7. The first-order valence-corrected chi connectivity index (χ1v) is 8.72. The van der Waals surface area contributed by atoms with E-state index >= 15 is 0 Å². The molecule has 2 unspecified atom stereocenters. The lowest BCUT2D eigenvalue weighted by molar-refractivity contribution is 0.0942. The molecule has 1 aliphatic heterocycles. The average molecular weight is 349 g/mol. The second kappa shape index (κ2) is 5.17. The van der Waals surface area contributed by atoms with Gasteiger partial charge < -0.3 is 5.32 Å². The molecule has 0 saturated carbocycles. The molecule has 1 fully saturated rings. The van der Waals surface area contributed by atoms with Crippen molar-refractivity contribution in [3.63, 3.8) is 0 Å². The molecule has 4 nitrogen and oxygen atoms in total. The van der Waals surface area contributed by atoms with Gasteiger partial charge in [-0.1, -0.05) is 23.2 Å². The average Bonchev–Trinajstić information content (AvgIpc) is 2.66. The predicted molar refractivity (Wildman–Crippen MR) is 73.9 cm³/mol. The summed E-state index contributed by atoms with van der Waals surface area (Å²) < 4.78 is 23.4. The molecule has 2 atom stereocenters. The molecule has 18 heavy (non-hydrogen) atoms. The first-order valence-electron chi connectivity index (χ1n) is 4.89. The fraction of sp³-hybridized carbons (Fsp3) is 0.444. The highest BCUT2D eigenvalue weighted by Crippen LogP contribution is 2.31. The summed E-state index contributed by atoms with van der Waals surface area (Å²) in [6, 6.07) is 0.843. The minimum absolute atomic E-state index is 0.127. The van der Waals surface area contributed by atoms with Gasteiger partial charge in [0.15, 0.2) is 9.84 Å².